The summed E-state index contributed by atoms with van der Waals surface area (Å²) in [5.41, 5.74) is 0. The summed E-state index contributed by atoms with van der Waals surface area (Å²) in [6.07, 6.45) is 1.67. The maximum Gasteiger partial charge on any atom is 0.124 e. The molecule has 0 radical (unpaired) electrons. The lowest BCUT2D eigenvalue weighted by atomic mass is 10.2. The molecule has 96 valence electrons. The maximum absolute atomic E-state index is 5.82. The van der Waals surface area contributed by atoms with Crippen LogP contribution in [0.2, 0.25) is 5.02 Å². The number of hydrogen-bond acceptors (Lipinski definition) is 3. The van der Waals surface area contributed by atoms with Gasteiger partial charge in [-0.2, -0.15) is 0 Å². The molecule has 0 aliphatic rings. The van der Waals surface area contributed by atoms with E-state index in [1.54, 1.807) is 6.26 Å². The molecule has 1 unspecified atom stereocenters. The highest BCUT2D eigenvalue weighted by atomic mass is 35.5. The number of halogens is 1. The normalized spacial score (nSPS) is 12.3. The number of likely N-dealkylation sites (N-methyl/N-ethyl adjacent to an activating group) is 1. The van der Waals surface area contributed by atoms with E-state index in [9.17, 15) is 0 Å². The third-order valence-electron chi connectivity index (χ3n) is 2.57. The van der Waals surface area contributed by atoms with E-state index in [1.165, 1.54) is 0 Å². The quantitative estimate of drug-likeness (QED) is 0.866. The van der Waals surface area contributed by atoms with Crippen LogP contribution >= 0.6 is 11.6 Å². The van der Waals surface area contributed by atoms with Crippen molar-refractivity contribution in [3.05, 3.63) is 53.4 Å². The van der Waals surface area contributed by atoms with Crippen LogP contribution in [0.4, 0.5) is 0 Å². The van der Waals surface area contributed by atoms with Gasteiger partial charge in [0.2, 0.25) is 0 Å². The summed E-state index contributed by atoms with van der Waals surface area (Å²) in [5.74, 6) is 1.68. The Morgan fingerprint density at radius 3 is 2.67 bits per heavy atom. The highest BCUT2D eigenvalue weighted by molar-refractivity contribution is 6.30. The van der Waals surface area contributed by atoms with Gasteiger partial charge in [0.25, 0.3) is 0 Å². The summed E-state index contributed by atoms with van der Waals surface area (Å²) in [4.78, 5) is 0. The van der Waals surface area contributed by atoms with Crippen molar-refractivity contribution in [2.75, 3.05) is 13.2 Å². The Hall–Kier alpha value is -1.45. The van der Waals surface area contributed by atoms with Gasteiger partial charge in [-0.25, -0.2) is 0 Å². The van der Waals surface area contributed by atoms with Gasteiger partial charge in [0.05, 0.1) is 6.26 Å². The van der Waals surface area contributed by atoms with Crippen LogP contribution in [0.1, 0.15) is 18.7 Å². The fourth-order valence-corrected chi connectivity index (χ4v) is 1.81. The standard InChI is InChI=1S/C14H16ClNO2/c1-2-16-13(14-4-3-9-17-14)10-18-12-7-5-11(15)6-8-12/h3-9,13,16H,2,10H2,1H3. The Kier molecular flexibility index (Phi) is 4.67. The van der Waals surface area contributed by atoms with Crippen molar-refractivity contribution in [3.8, 4) is 5.75 Å². The number of nitrogens with one attached hydrogen (secondary N) is 1. The zero-order chi connectivity index (χ0) is 12.8. The molecule has 18 heavy (non-hydrogen) atoms. The average Bonchev–Trinajstić information content (AvgIpc) is 2.90. The van der Waals surface area contributed by atoms with Gasteiger partial charge in [-0.05, 0) is 42.9 Å². The highest BCUT2D eigenvalue weighted by Gasteiger charge is 2.13. The highest BCUT2D eigenvalue weighted by Crippen LogP contribution is 2.19. The van der Waals surface area contributed by atoms with Crippen LogP contribution < -0.4 is 10.1 Å². The molecule has 0 aliphatic heterocycles. The monoisotopic (exact) mass is 265 g/mol. The van der Waals surface area contributed by atoms with Crippen molar-refractivity contribution in [2.45, 2.75) is 13.0 Å². The Labute approximate surface area is 112 Å². The fraction of sp³-hybridized carbons (Fsp3) is 0.286. The molecule has 1 heterocycles. The lowest BCUT2D eigenvalue weighted by Gasteiger charge is -2.16. The van der Waals surface area contributed by atoms with E-state index in [4.69, 9.17) is 20.8 Å². The molecule has 0 fully saturated rings. The Morgan fingerprint density at radius 1 is 1.28 bits per heavy atom. The van der Waals surface area contributed by atoms with Crippen molar-refractivity contribution < 1.29 is 9.15 Å². The van der Waals surface area contributed by atoms with Gasteiger partial charge < -0.3 is 14.5 Å². The number of hydrogen-bond donors (Lipinski definition) is 1. The first-order valence-corrected chi connectivity index (χ1v) is 6.32. The van der Waals surface area contributed by atoms with E-state index in [0.717, 1.165) is 18.1 Å². The van der Waals surface area contributed by atoms with E-state index in [2.05, 4.69) is 12.2 Å². The van der Waals surface area contributed by atoms with Crippen molar-refractivity contribution in [1.29, 1.82) is 0 Å². The molecule has 0 saturated heterocycles. The van der Waals surface area contributed by atoms with Crippen LogP contribution in [-0.2, 0) is 0 Å². The lowest BCUT2D eigenvalue weighted by Crippen LogP contribution is -2.26. The molecular formula is C14H16ClNO2. The van der Waals surface area contributed by atoms with Crippen molar-refractivity contribution in [1.82, 2.24) is 5.32 Å². The molecule has 1 aromatic carbocycles. The van der Waals surface area contributed by atoms with E-state index >= 15 is 0 Å². The second kappa shape index (κ2) is 6.47. The van der Waals surface area contributed by atoms with Gasteiger partial charge in [0.15, 0.2) is 0 Å². The molecule has 1 aromatic heterocycles. The molecule has 0 aliphatic carbocycles. The fourth-order valence-electron chi connectivity index (χ4n) is 1.69. The molecular weight excluding hydrogens is 250 g/mol. The third kappa shape index (κ3) is 3.52. The summed E-state index contributed by atoms with van der Waals surface area (Å²) in [5, 5.41) is 4.03. The number of benzene rings is 1. The molecule has 1 atom stereocenters. The summed E-state index contributed by atoms with van der Waals surface area (Å²) >= 11 is 5.82. The largest absolute Gasteiger partial charge is 0.491 e. The smallest absolute Gasteiger partial charge is 0.124 e. The van der Waals surface area contributed by atoms with Gasteiger partial charge in [-0.1, -0.05) is 18.5 Å². The van der Waals surface area contributed by atoms with Crippen LogP contribution in [0, 0.1) is 0 Å². The molecule has 0 amide bonds. The van der Waals surface area contributed by atoms with Crippen molar-refractivity contribution in [3.63, 3.8) is 0 Å². The molecule has 0 saturated carbocycles. The molecule has 2 rings (SSSR count). The van der Waals surface area contributed by atoms with Gasteiger partial charge in [0, 0.05) is 5.02 Å². The van der Waals surface area contributed by atoms with Gasteiger partial charge in [0.1, 0.15) is 24.2 Å². The minimum atomic E-state index is 0.0562. The zero-order valence-electron chi connectivity index (χ0n) is 10.2. The van der Waals surface area contributed by atoms with Crippen LogP contribution in [0.3, 0.4) is 0 Å². The topological polar surface area (TPSA) is 34.4 Å². The van der Waals surface area contributed by atoms with E-state index in [1.807, 2.05) is 36.4 Å². The van der Waals surface area contributed by atoms with Crippen molar-refractivity contribution in [2.24, 2.45) is 0 Å². The van der Waals surface area contributed by atoms with Crippen LogP contribution in [0.15, 0.2) is 47.1 Å². The van der Waals surface area contributed by atoms with Crippen LogP contribution in [0.25, 0.3) is 0 Å². The Morgan fingerprint density at radius 2 is 2.06 bits per heavy atom. The zero-order valence-corrected chi connectivity index (χ0v) is 11.0. The van der Waals surface area contributed by atoms with E-state index in [0.29, 0.717) is 11.6 Å². The predicted molar refractivity (Wildman–Crippen MR) is 72.1 cm³/mol. The van der Waals surface area contributed by atoms with E-state index < -0.39 is 0 Å². The molecule has 0 bridgehead atoms. The van der Waals surface area contributed by atoms with E-state index in [-0.39, 0.29) is 6.04 Å². The van der Waals surface area contributed by atoms with Crippen LogP contribution in [-0.4, -0.2) is 13.2 Å². The number of ether oxygens (including phenoxy) is 1. The Balaban J connectivity index is 1.95. The van der Waals surface area contributed by atoms with Crippen LogP contribution in [0.5, 0.6) is 5.75 Å². The second-order valence-electron chi connectivity index (χ2n) is 3.89. The minimum Gasteiger partial charge on any atom is -0.491 e. The first-order chi connectivity index (χ1) is 8.79. The summed E-state index contributed by atoms with van der Waals surface area (Å²) in [7, 11) is 0. The number of rotatable bonds is 6. The maximum atomic E-state index is 5.82. The number of furan rings is 1. The van der Waals surface area contributed by atoms with Gasteiger partial charge in [-0.3, -0.25) is 0 Å². The summed E-state index contributed by atoms with van der Waals surface area (Å²) in [6.45, 7) is 3.43. The predicted octanol–water partition coefficient (Wildman–Crippen LogP) is 3.66. The molecule has 4 heteroatoms. The average molecular weight is 266 g/mol. The lowest BCUT2D eigenvalue weighted by molar-refractivity contribution is 0.248. The van der Waals surface area contributed by atoms with Crippen molar-refractivity contribution >= 4 is 11.6 Å². The molecule has 0 spiro atoms. The first kappa shape index (κ1) is 13.0. The molecule has 3 nitrogen and oxygen atoms in total. The molecule has 1 N–H and O–H groups in total. The Bertz CT molecular complexity index is 453. The second-order valence-corrected chi connectivity index (χ2v) is 4.33. The SMILES string of the molecule is CCNC(COc1ccc(Cl)cc1)c1ccco1. The third-order valence-corrected chi connectivity index (χ3v) is 2.82. The summed E-state index contributed by atoms with van der Waals surface area (Å²) < 4.78 is 11.1. The minimum absolute atomic E-state index is 0.0562. The summed E-state index contributed by atoms with van der Waals surface area (Å²) in [6, 6.07) is 11.2. The van der Waals surface area contributed by atoms with Gasteiger partial charge in [-0.15, -0.1) is 0 Å². The molecule has 2 aromatic rings. The first-order valence-electron chi connectivity index (χ1n) is 5.94. The van der Waals surface area contributed by atoms with Gasteiger partial charge >= 0.3 is 0 Å².